The van der Waals surface area contributed by atoms with Gasteiger partial charge in [-0.05, 0) is 24.6 Å². The van der Waals surface area contributed by atoms with Crippen molar-refractivity contribution < 1.29 is 9.90 Å². The molecular formula is C8H10Cl2LiNO2. The third-order valence-electron chi connectivity index (χ3n) is 1.30. The van der Waals surface area contributed by atoms with Crippen molar-refractivity contribution in [1.82, 2.24) is 4.98 Å². The molecule has 0 fully saturated rings. The number of carboxylic acids is 1. The zero-order valence-corrected chi connectivity index (χ0v) is 9.60. The molecule has 0 aliphatic heterocycles. The summed E-state index contributed by atoms with van der Waals surface area (Å²) in [6, 6.07) is 3.61. The van der Waals surface area contributed by atoms with Crippen LogP contribution in [0.25, 0.3) is 0 Å². The molecule has 6 heteroatoms. The number of nitrogens with zero attached hydrogens (tertiary/aromatic N) is 1. The van der Waals surface area contributed by atoms with E-state index in [1.807, 2.05) is 13.0 Å². The molecule has 0 aromatic carbocycles. The van der Waals surface area contributed by atoms with E-state index in [9.17, 15) is 4.79 Å². The number of hydrogen-bond acceptors (Lipinski definition) is 2. The first kappa shape index (κ1) is 16.2. The normalized spacial score (nSPS) is 8.00. The first-order valence-electron chi connectivity index (χ1n) is 3.69. The molecule has 0 saturated carbocycles. The van der Waals surface area contributed by atoms with E-state index >= 15 is 0 Å². The molecule has 0 spiro atoms. The SMILES string of the molecule is Cc1ccnc(CC(=O)O)c1.Cl.[Li][Cl]. The number of halogens is 2. The maximum atomic E-state index is 10.2. The molecule has 0 amide bonds. The third-order valence-corrected chi connectivity index (χ3v) is 1.30. The number of carboxylic acid groups (broad SMARTS) is 1. The van der Waals surface area contributed by atoms with Gasteiger partial charge in [0.2, 0.25) is 0 Å². The van der Waals surface area contributed by atoms with Crippen LogP contribution in [0.5, 0.6) is 0 Å². The number of aliphatic carboxylic acids is 1. The Morgan fingerprint density at radius 3 is 2.64 bits per heavy atom. The Labute approximate surface area is 103 Å². The van der Waals surface area contributed by atoms with E-state index in [1.165, 1.54) is 16.7 Å². The van der Waals surface area contributed by atoms with Crippen LogP contribution in [0.15, 0.2) is 18.3 Å². The van der Waals surface area contributed by atoms with E-state index in [0.717, 1.165) is 5.56 Å². The Bertz CT molecular complexity index is 284. The number of pyridine rings is 1. The van der Waals surface area contributed by atoms with Gasteiger partial charge in [-0.15, -0.1) is 12.4 Å². The Morgan fingerprint density at radius 2 is 2.21 bits per heavy atom. The quantitative estimate of drug-likeness (QED) is 0.787. The van der Waals surface area contributed by atoms with Crippen molar-refractivity contribution in [3.63, 3.8) is 0 Å². The molecule has 14 heavy (non-hydrogen) atoms. The molecule has 0 unspecified atom stereocenters. The molecule has 0 aliphatic carbocycles. The molecule has 1 aromatic heterocycles. The Morgan fingerprint density at radius 1 is 1.64 bits per heavy atom. The summed E-state index contributed by atoms with van der Waals surface area (Å²) in [5, 5.41) is 8.42. The van der Waals surface area contributed by atoms with Gasteiger partial charge in [0.25, 0.3) is 0 Å². The summed E-state index contributed by atoms with van der Waals surface area (Å²) < 4.78 is 0. The van der Waals surface area contributed by atoms with Gasteiger partial charge in [-0.1, -0.05) is 0 Å². The second-order valence-electron chi connectivity index (χ2n) is 2.40. The minimum absolute atomic E-state index is 0. The van der Waals surface area contributed by atoms with Gasteiger partial charge in [0.05, 0.1) is 12.1 Å². The monoisotopic (exact) mass is 229 g/mol. The second-order valence-corrected chi connectivity index (χ2v) is 2.40. The van der Waals surface area contributed by atoms with Crippen LogP contribution in [0.3, 0.4) is 0 Å². The first-order chi connectivity index (χ1) is 6.18. The van der Waals surface area contributed by atoms with Crippen LogP contribution in [-0.4, -0.2) is 32.8 Å². The minimum atomic E-state index is -0.844. The zero-order chi connectivity index (χ0) is 10.3. The average molecular weight is 230 g/mol. The van der Waals surface area contributed by atoms with E-state index in [0.29, 0.717) is 5.69 Å². The van der Waals surface area contributed by atoms with Crippen molar-refractivity contribution in [2.24, 2.45) is 0 Å². The standard InChI is InChI=1S/C8H9NO2.2ClH.Li/c1-6-2-3-9-7(4-6)5-8(10)11;;;/h2-4H,5H2,1H3,(H,10,11);2*1H;/q;;;+1/p-1. The summed E-state index contributed by atoms with van der Waals surface area (Å²) >= 11 is 1.47. The maximum absolute atomic E-state index is 10.2. The summed E-state index contributed by atoms with van der Waals surface area (Å²) in [5.74, 6) is -0.844. The molecule has 74 valence electrons. The molecule has 0 radical (unpaired) electrons. The molecule has 1 N–H and O–H groups in total. The summed E-state index contributed by atoms with van der Waals surface area (Å²) in [6.07, 6.45) is 1.62. The molecule has 3 nitrogen and oxygen atoms in total. The van der Waals surface area contributed by atoms with E-state index in [4.69, 9.17) is 5.11 Å². The number of aryl methyl sites for hydroxylation is 1. The molecule has 1 rings (SSSR count). The van der Waals surface area contributed by atoms with Gasteiger partial charge in [-0.2, -0.15) is 0 Å². The summed E-state index contributed by atoms with van der Waals surface area (Å²) in [6.45, 7) is 1.91. The van der Waals surface area contributed by atoms with Crippen molar-refractivity contribution >= 4 is 44.9 Å². The van der Waals surface area contributed by atoms with Crippen LogP contribution in [0.4, 0.5) is 0 Å². The summed E-state index contributed by atoms with van der Waals surface area (Å²) in [4.78, 5) is 14.1. The predicted octanol–water partition coefficient (Wildman–Crippen LogP) is 1.75. The van der Waals surface area contributed by atoms with Gasteiger partial charge in [-0.25, -0.2) is 0 Å². The van der Waals surface area contributed by atoms with Gasteiger partial charge in [0, 0.05) is 6.20 Å². The van der Waals surface area contributed by atoms with E-state index in [-0.39, 0.29) is 18.8 Å². The molecule has 0 atom stereocenters. The summed E-state index contributed by atoms with van der Waals surface area (Å²) in [5.41, 5.74) is 1.65. The van der Waals surface area contributed by atoms with E-state index < -0.39 is 5.97 Å². The molecule has 1 aromatic rings. The molecule has 0 aliphatic rings. The number of hydrogen-bond donors (Lipinski definition) is 1. The molecule has 0 saturated heterocycles. The average Bonchev–Trinajstić information content (AvgIpc) is 2.06. The summed E-state index contributed by atoms with van der Waals surface area (Å²) in [7, 11) is 4.64. The fourth-order valence-corrected chi connectivity index (χ4v) is 0.850. The predicted molar refractivity (Wildman–Crippen MR) is 59.2 cm³/mol. The fourth-order valence-electron chi connectivity index (χ4n) is 0.850. The van der Waals surface area contributed by atoms with Crippen molar-refractivity contribution in [2.75, 3.05) is 0 Å². The zero-order valence-electron chi connectivity index (χ0n) is 8.03. The van der Waals surface area contributed by atoms with E-state index in [2.05, 4.69) is 14.8 Å². The van der Waals surface area contributed by atoms with Gasteiger partial charge in [-0.3, -0.25) is 9.78 Å². The van der Waals surface area contributed by atoms with Crippen molar-refractivity contribution in [3.05, 3.63) is 29.6 Å². The van der Waals surface area contributed by atoms with Gasteiger partial charge >= 0.3 is 32.5 Å². The van der Waals surface area contributed by atoms with Gasteiger partial charge in [0.15, 0.2) is 0 Å². The van der Waals surface area contributed by atoms with Crippen LogP contribution < -0.4 is 0 Å². The molecular weight excluding hydrogens is 220 g/mol. The van der Waals surface area contributed by atoms with E-state index in [1.54, 1.807) is 12.3 Å². The van der Waals surface area contributed by atoms with Crippen molar-refractivity contribution in [3.8, 4) is 0 Å². The fraction of sp³-hybridized carbons (Fsp3) is 0.250. The van der Waals surface area contributed by atoms with Crippen molar-refractivity contribution in [1.29, 1.82) is 0 Å². The van der Waals surface area contributed by atoms with Crippen LogP contribution in [0.1, 0.15) is 11.3 Å². The van der Waals surface area contributed by atoms with Crippen LogP contribution in [0, 0.1) is 6.92 Å². The van der Waals surface area contributed by atoms with Crippen LogP contribution in [0.2, 0.25) is 0 Å². The Hall–Kier alpha value is -0.203. The number of aromatic nitrogens is 1. The Kier molecular flexibility index (Phi) is 10.9. The van der Waals surface area contributed by atoms with Crippen LogP contribution in [-0.2, 0) is 11.2 Å². The van der Waals surface area contributed by atoms with Gasteiger partial charge < -0.3 is 5.11 Å². The number of rotatable bonds is 2. The second kappa shape index (κ2) is 9.36. The first-order valence-corrected chi connectivity index (χ1v) is 4.45. The number of carbonyl (C=O) groups is 1. The van der Waals surface area contributed by atoms with Gasteiger partial charge in [0.1, 0.15) is 0 Å². The molecule has 0 bridgehead atoms. The topological polar surface area (TPSA) is 50.2 Å². The third kappa shape index (κ3) is 7.22. The molecule has 1 heterocycles. The van der Waals surface area contributed by atoms with Crippen molar-refractivity contribution in [2.45, 2.75) is 13.3 Å². The Balaban J connectivity index is 0. The van der Waals surface area contributed by atoms with Crippen LogP contribution >= 0.6 is 22.2 Å².